The van der Waals surface area contributed by atoms with Gasteiger partial charge >= 0.3 is 43.2 Å². The predicted molar refractivity (Wildman–Crippen MR) is 176 cm³/mol. The molecule has 0 radical (unpaired) electrons. The van der Waals surface area contributed by atoms with Crippen molar-refractivity contribution < 1.29 is 105 Å². The molecule has 8 atom stereocenters. The average Bonchev–Trinajstić information content (AvgIpc) is 2.98. The number of carbonyl (C=O) groups is 2. The first-order valence-corrected chi connectivity index (χ1v) is 22.7. The fourth-order valence-electron chi connectivity index (χ4n) is 5.34. The fraction of sp³-hybridized carbons (Fsp3) is 0.923. The molecule has 1 fully saturated rings. The Morgan fingerprint density at radius 1 is 0.577 bits per heavy atom. The topological polar surface area (TPSA) is 360 Å². The Hall–Kier alpha value is -0.700. The smallest absolute Gasteiger partial charge is 0.472 e. The second kappa shape index (κ2) is 23.4. The molecule has 22 nitrogen and oxygen atoms in total. The molecule has 0 bridgehead atoms. The van der Waals surface area contributed by atoms with E-state index < -0.39 is 99.0 Å². The minimum Gasteiger partial charge on any atom is -0.481 e. The molecule has 1 rings (SSSR count). The van der Waals surface area contributed by atoms with Gasteiger partial charge in [0, 0.05) is 6.42 Å². The first-order valence-electron chi connectivity index (χ1n) is 16.6. The van der Waals surface area contributed by atoms with Crippen molar-refractivity contribution in [3.05, 3.63) is 0 Å². The third-order valence-electron chi connectivity index (χ3n) is 7.63. The van der Waals surface area contributed by atoms with Gasteiger partial charge in [-0.25, -0.2) is 18.3 Å². The van der Waals surface area contributed by atoms with Crippen LogP contribution in [0.15, 0.2) is 0 Å². The Balaban J connectivity index is 2.83. The van der Waals surface area contributed by atoms with Crippen LogP contribution in [0.3, 0.4) is 0 Å². The summed E-state index contributed by atoms with van der Waals surface area (Å²) in [6.45, 7) is 1.05. The molecule has 26 heteroatoms. The summed E-state index contributed by atoms with van der Waals surface area (Å²) in [5.41, 5.74) is 0. The summed E-state index contributed by atoms with van der Waals surface area (Å²) < 4.78 is 74.6. The predicted octanol–water partition coefficient (Wildman–Crippen LogP) is 2.53. The Morgan fingerprint density at radius 3 is 1.35 bits per heavy atom. The number of aliphatic carboxylic acids is 1. The van der Waals surface area contributed by atoms with Gasteiger partial charge in [0.2, 0.25) is 0 Å². The molecule has 1 aliphatic carbocycles. The fourth-order valence-corrected chi connectivity index (χ4v) is 7.99. The maximum absolute atomic E-state index is 12.8. The van der Waals surface area contributed by atoms with E-state index in [1.807, 2.05) is 0 Å². The molecule has 10 N–H and O–H groups in total. The molecule has 0 saturated heterocycles. The van der Waals surface area contributed by atoms with Crippen LogP contribution < -0.4 is 0 Å². The van der Waals surface area contributed by atoms with Crippen LogP contribution in [0.5, 0.6) is 0 Å². The maximum atomic E-state index is 12.8. The van der Waals surface area contributed by atoms with Crippen molar-refractivity contribution in [2.45, 2.75) is 146 Å². The van der Waals surface area contributed by atoms with Crippen LogP contribution >= 0.6 is 31.3 Å². The molecule has 0 spiro atoms. The lowest BCUT2D eigenvalue weighted by Gasteiger charge is -2.45. The van der Waals surface area contributed by atoms with Gasteiger partial charge in [-0.15, -0.1) is 0 Å². The number of aliphatic hydroxyl groups excluding tert-OH is 2. The largest absolute Gasteiger partial charge is 0.481 e. The zero-order valence-electron chi connectivity index (χ0n) is 28.5. The molecule has 1 aliphatic rings. The first kappa shape index (κ1) is 49.3. The SMILES string of the molecule is CCCCCCCCCCCCCCCC(=O)O[C@@H](COP(=O)(O)OC1C(O)[C@H](OP(=O)(O)O)[C@H](OP(=O)(O)O)C(OP(=O)(O)O)[C@@H]1O)CC(=O)O. The standard InChI is InChI=1S/C26H52O22P4/c1-2-3-4-5-6-7-8-9-10-11-12-13-14-15-20(29)44-18(16-19(27)28)17-43-52(41,42)48-23-21(30)24(45-49(32,33)34)26(47-51(38,39)40)25(22(23)31)46-50(35,36)37/h18,21-26,30-31H,2-17H2,1H3,(H,27,28)(H,41,42)(H2,32,33,34)(H2,35,36,37)(H2,38,39,40)/t18-,21-,22?,23?,24?,25+,26-/m1/s1. The van der Waals surface area contributed by atoms with Crippen LogP contribution in [-0.4, -0.2) is 111 Å². The average molecular weight is 841 g/mol. The summed E-state index contributed by atoms with van der Waals surface area (Å²) in [7, 11) is -23.0. The normalized spacial score (nSPS) is 24.7. The van der Waals surface area contributed by atoms with Crippen LogP contribution in [0.1, 0.15) is 103 Å². The minimum atomic E-state index is -5.77. The summed E-state index contributed by atoms with van der Waals surface area (Å²) in [5.74, 6) is -2.36. The number of phosphoric ester groups is 4. The van der Waals surface area contributed by atoms with E-state index in [-0.39, 0.29) is 6.42 Å². The number of rotatable bonds is 28. The zero-order valence-corrected chi connectivity index (χ0v) is 32.1. The van der Waals surface area contributed by atoms with Gasteiger partial charge in [0.15, 0.2) is 0 Å². The number of aliphatic hydroxyl groups is 2. The van der Waals surface area contributed by atoms with E-state index in [1.165, 1.54) is 44.9 Å². The van der Waals surface area contributed by atoms with Crippen molar-refractivity contribution in [2.24, 2.45) is 0 Å². The first-order chi connectivity index (χ1) is 23.9. The Morgan fingerprint density at radius 2 is 0.962 bits per heavy atom. The van der Waals surface area contributed by atoms with Crippen LogP contribution in [0.4, 0.5) is 0 Å². The van der Waals surface area contributed by atoms with E-state index in [1.54, 1.807) is 0 Å². The molecule has 4 unspecified atom stereocenters. The number of esters is 1. The van der Waals surface area contributed by atoms with E-state index in [0.29, 0.717) is 12.8 Å². The second-order valence-corrected chi connectivity index (χ2v) is 17.2. The van der Waals surface area contributed by atoms with E-state index in [4.69, 9.17) is 4.74 Å². The summed E-state index contributed by atoms with van der Waals surface area (Å²) in [4.78, 5) is 89.5. The van der Waals surface area contributed by atoms with Gasteiger partial charge in [0.1, 0.15) is 42.7 Å². The van der Waals surface area contributed by atoms with Crippen molar-refractivity contribution in [3.8, 4) is 0 Å². The van der Waals surface area contributed by atoms with Gasteiger partial charge in [-0.05, 0) is 6.42 Å². The highest BCUT2D eigenvalue weighted by Crippen LogP contribution is 2.53. The molecule has 0 aromatic rings. The van der Waals surface area contributed by atoms with Crippen LogP contribution in [0.25, 0.3) is 0 Å². The lowest BCUT2D eigenvalue weighted by Crippen LogP contribution is -2.65. The second-order valence-electron chi connectivity index (χ2n) is 12.2. The molecule has 1 saturated carbocycles. The minimum absolute atomic E-state index is 0.110. The third kappa shape index (κ3) is 22.0. The van der Waals surface area contributed by atoms with Gasteiger partial charge < -0.3 is 54.3 Å². The summed E-state index contributed by atoms with van der Waals surface area (Å²) >= 11 is 0. The van der Waals surface area contributed by atoms with E-state index in [2.05, 4.69) is 29.5 Å². The third-order valence-corrected chi connectivity index (χ3v) is 10.2. The molecule has 0 aromatic heterocycles. The molecule has 308 valence electrons. The van der Waals surface area contributed by atoms with Crippen LogP contribution in [-0.2, 0) is 55.2 Å². The number of carboxylic acid groups (broad SMARTS) is 1. The van der Waals surface area contributed by atoms with Crippen molar-refractivity contribution in [3.63, 3.8) is 0 Å². The van der Waals surface area contributed by atoms with Gasteiger partial charge in [-0.1, -0.05) is 84.0 Å². The molecule has 0 aromatic carbocycles. The Kier molecular flexibility index (Phi) is 22.2. The number of phosphoric acid groups is 4. The number of unbranched alkanes of at least 4 members (excludes halogenated alkanes) is 12. The number of carbonyl (C=O) groups excluding carboxylic acids is 1. The lowest BCUT2D eigenvalue weighted by atomic mass is 9.85. The molecular formula is C26H52O22P4. The number of hydrogen-bond donors (Lipinski definition) is 10. The molecule has 0 heterocycles. The summed E-state index contributed by atoms with van der Waals surface area (Å²) in [6.07, 6.45) is -5.49. The Bertz CT molecular complexity index is 1230. The number of ether oxygens (including phenoxy) is 1. The lowest BCUT2D eigenvalue weighted by molar-refractivity contribution is -0.209. The van der Waals surface area contributed by atoms with Crippen molar-refractivity contribution >= 4 is 43.2 Å². The highest BCUT2D eigenvalue weighted by molar-refractivity contribution is 7.47. The van der Waals surface area contributed by atoms with E-state index >= 15 is 0 Å². The summed E-state index contributed by atoms with van der Waals surface area (Å²) in [5, 5.41) is 30.5. The molecule has 0 amide bonds. The van der Waals surface area contributed by atoms with Gasteiger partial charge in [-0.2, -0.15) is 0 Å². The summed E-state index contributed by atoms with van der Waals surface area (Å²) in [6, 6.07) is 0. The Labute approximate surface area is 300 Å². The van der Waals surface area contributed by atoms with E-state index in [9.17, 15) is 77.4 Å². The molecule has 0 aliphatic heterocycles. The van der Waals surface area contributed by atoms with Crippen molar-refractivity contribution in [2.75, 3.05) is 6.61 Å². The zero-order chi connectivity index (χ0) is 39.8. The maximum Gasteiger partial charge on any atom is 0.472 e. The van der Waals surface area contributed by atoms with Gasteiger partial charge in [0.05, 0.1) is 13.0 Å². The highest BCUT2D eigenvalue weighted by Gasteiger charge is 2.59. The molecular weight excluding hydrogens is 788 g/mol. The van der Waals surface area contributed by atoms with Crippen molar-refractivity contribution in [1.82, 2.24) is 0 Å². The monoisotopic (exact) mass is 840 g/mol. The van der Waals surface area contributed by atoms with Gasteiger partial charge in [0.25, 0.3) is 0 Å². The molecule has 52 heavy (non-hydrogen) atoms. The van der Waals surface area contributed by atoms with Crippen LogP contribution in [0.2, 0.25) is 0 Å². The number of hydrogen-bond acceptors (Lipinski definition) is 14. The van der Waals surface area contributed by atoms with Crippen molar-refractivity contribution in [1.29, 1.82) is 0 Å². The van der Waals surface area contributed by atoms with Crippen LogP contribution in [0, 0.1) is 0 Å². The van der Waals surface area contributed by atoms with Gasteiger partial charge in [-0.3, -0.25) is 32.2 Å². The number of carboxylic acids is 1. The quantitative estimate of drug-likeness (QED) is 0.0307. The van der Waals surface area contributed by atoms with E-state index in [0.717, 1.165) is 25.7 Å². The highest BCUT2D eigenvalue weighted by atomic mass is 31.2.